The summed E-state index contributed by atoms with van der Waals surface area (Å²) in [4.78, 5) is 2.20. The molecule has 6 heteroatoms. The predicted molar refractivity (Wildman–Crippen MR) is 105 cm³/mol. The maximum absolute atomic E-state index is 10.1. The Bertz CT molecular complexity index is 779. The van der Waals surface area contributed by atoms with E-state index >= 15 is 0 Å². The molecule has 0 aromatic heterocycles. The number of nitrogens with zero attached hydrogens (tertiary/aromatic N) is 1. The van der Waals surface area contributed by atoms with E-state index in [0.29, 0.717) is 13.0 Å². The van der Waals surface area contributed by atoms with Crippen molar-refractivity contribution in [2.45, 2.75) is 37.0 Å². The van der Waals surface area contributed by atoms with E-state index in [0.717, 1.165) is 36.1 Å². The monoisotopic (exact) mass is 372 g/mol. The molecule has 138 valence electrons. The zero-order valence-electron chi connectivity index (χ0n) is 14.9. The zero-order valence-corrected chi connectivity index (χ0v) is 15.7. The van der Waals surface area contributed by atoms with Gasteiger partial charge in [-0.3, -0.25) is 0 Å². The van der Waals surface area contributed by atoms with Crippen LogP contribution in [0.3, 0.4) is 0 Å². The van der Waals surface area contributed by atoms with Crippen LogP contribution in [0.2, 0.25) is 0 Å². The Balaban J connectivity index is 1.78. The number of rotatable bonds is 3. The van der Waals surface area contributed by atoms with Crippen LogP contribution < -0.4 is 14.8 Å². The second-order valence-electron chi connectivity index (χ2n) is 7.09. The molecule has 2 heterocycles. The van der Waals surface area contributed by atoms with Crippen LogP contribution in [0.4, 0.5) is 0 Å². The van der Waals surface area contributed by atoms with Gasteiger partial charge in [-0.25, -0.2) is 0 Å². The summed E-state index contributed by atoms with van der Waals surface area (Å²) in [6.07, 6.45) is 6.77. The highest BCUT2D eigenvalue weighted by Gasteiger charge is 2.52. The van der Waals surface area contributed by atoms with Crippen molar-refractivity contribution < 1.29 is 14.6 Å². The van der Waals surface area contributed by atoms with Crippen molar-refractivity contribution in [2.75, 3.05) is 20.2 Å². The Labute approximate surface area is 159 Å². The van der Waals surface area contributed by atoms with Gasteiger partial charge in [-0.05, 0) is 30.3 Å². The summed E-state index contributed by atoms with van der Waals surface area (Å²) in [6.45, 7) is 5.94. The Morgan fingerprint density at radius 1 is 1.58 bits per heavy atom. The highest BCUT2D eigenvalue weighted by atomic mass is 32.1. The minimum Gasteiger partial charge on any atom is -0.493 e. The maximum atomic E-state index is 10.1. The molecule has 2 N–H and O–H groups in total. The molecule has 5 nitrogen and oxygen atoms in total. The van der Waals surface area contributed by atoms with Crippen LogP contribution in [0.5, 0.6) is 11.5 Å². The van der Waals surface area contributed by atoms with Crippen molar-refractivity contribution >= 4 is 17.3 Å². The number of aliphatic hydroxyl groups is 1. The Morgan fingerprint density at radius 3 is 3.19 bits per heavy atom. The zero-order chi connectivity index (χ0) is 18.3. The maximum Gasteiger partial charge on any atom is 0.169 e. The Morgan fingerprint density at radius 2 is 2.42 bits per heavy atom. The van der Waals surface area contributed by atoms with Crippen LogP contribution in [0.15, 0.2) is 36.9 Å². The Hall–Kier alpha value is -2.05. The number of aliphatic hydroxyl groups excluding tert-OH is 1. The summed E-state index contributed by atoms with van der Waals surface area (Å²) in [6, 6.07) is 4.07. The molecule has 1 aromatic rings. The van der Waals surface area contributed by atoms with Gasteiger partial charge in [0.25, 0.3) is 0 Å². The third-order valence-electron chi connectivity index (χ3n) is 5.64. The number of hydrogen-bond donors (Lipinski definition) is 2. The molecule has 26 heavy (non-hydrogen) atoms. The summed E-state index contributed by atoms with van der Waals surface area (Å²) in [5.74, 6) is 1.57. The third-order valence-corrected chi connectivity index (χ3v) is 6.04. The number of benzene rings is 1. The van der Waals surface area contributed by atoms with Crippen LogP contribution in [0, 0.1) is 0 Å². The second-order valence-corrected chi connectivity index (χ2v) is 7.47. The van der Waals surface area contributed by atoms with Crippen molar-refractivity contribution in [1.29, 1.82) is 0 Å². The van der Waals surface area contributed by atoms with Crippen molar-refractivity contribution in [3.05, 3.63) is 48.1 Å². The molecular weight excluding hydrogens is 348 g/mol. The molecule has 0 amide bonds. The van der Waals surface area contributed by atoms with E-state index in [-0.39, 0.29) is 11.5 Å². The van der Waals surface area contributed by atoms with Gasteiger partial charge in [-0.2, -0.15) is 0 Å². The summed E-state index contributed by atoms with van der Waals surface area (Å²) in [5, 5.41) is 14.1. The first-order valence-electron chi connectivity index (χ1n) is 8.97. The first-order chi connectivity index (χ1) is 12.6. The summed E-state index contributed by atoms with van der Waals surface area (Å²) < 4.78 is 11.9. The van der Waals surface area contributed by atoms with Crippen LogP contribution in [-0.2, 0) is 12.0 Å². The quantitative estimate of drug-likeness (QED) is 0.627. The number of methoxy groups -OCH3 is 1. The fourth-order valence-electron chi connectivity index (χ4n) is 4.38. The SMILES string of the molecule is C=CCNC(=S)N1CCC23C=CC(O)CC2Oc2c(OC)ccc(c23)C1. The van der Waals surface area contributed by atoms with Crippen LogP contribution >= 0.6 is 12.2 Å². The average Bonchev–Trinajstić information content (AvgIpc) is 2.87. The number of nitrogens with one attached hydrogen (secondary N) is 1. The van der Waals surface area contributed by atoms with E-state index in [1.807, 2.05) is 12.1 Å². The molecule has 1 spiro atoms. The van der Waals surface area contributed by atoms with Crippen molar-refractivity contribution in [3.63, 3.8) is 0 Å². The second kappa shape index (κ2) is 6.59. The fraction of sp³-hybridized carbons (Fsp3) is 0.450. The van der Waals surface area contributed by atoms with E-state index < -0.39 is 6.10 Å². The van der Waals surface area contributed by atoms with Gasteiger partial charge in [-0.1, -0.05) is 24.3 Å². The van der Waals surface area contributed by atoms with E-state index in [4.69, 9.17) is 21.7 Å². The largest absolute Gasteiger partial charge is 0.493 e. The van der Waals surface area contributed by atoms with Gasteiger partial charge >= 0.3 is 0 Å². The molecule has 3 aliphatic rings. The lowest BCUT2D eigenvalue weighted by molar-refractivity contribution is 0.0833. The summed E-state index contributed by atoms with van der Waals surface area (Å²) in [5.41, 5.74) is 2.16. The standard InChI is InChI=1S/C20H24N2O3S/c1-3-9-21-19(26)22-10-8-20-7-6-14(23)11-16(20)25-18-15(24-2)5-4-13(12-22)17(18)20/h3-7,14,16,23H,1,8-12H2,2H3,(H,21,26). The molecule has 2 aliphatic heterocycles. The van der Waals surface area contributed by atoms with Gasteiger partial charge in [-0.15, -0.1) is 6.58 Å². The molecule has 0 radical (unpaired) electrons. The van der Waals surface area contributed by atoms with E-state index in [2.05, 4.69) is 28.9 Å². The predicted octanol–water partition coefficient (Wildman–Crippen LogP) is 2.28. The van der Waals surface area contributed by atoms with E-state index in [1.54, 1.807) is 13.2 Å². The van der Waals surface area contributed by atoms with Gasteiger partial charge in [0.2, 0.25) is 0 Å². The van der Waals surface area contributed by atoms with Gasteiger partial charge in [0.05, 0.1) is 18.6 Å². The molecule has 0 fully saturated rings. The molecule has 0 bridgehead atoms. The molecule has 0 saturated heterocycles. The normalized spacial score (nSPS) is 28.5. The molecule has 1 aromatic carbocycles. The average molecular weight is 372 g/mol. The molecular formula is C20H24N2O3S. The van der Waals surface area contributed by atoms with E-state index in [1.165, 1.54) is 11.1 Å². The molecule has 1 aliphatic carbocycles. The van der Waals surface area contributed by atoms with Crippen LogP contribution in [0.25, 0.3) is 0 Å². The highest BCUT2D eigenvalue weighted by Crippen LogP contribution is 2.55. The van der Waals surface area contributed by atoms with Crippen LogP contribution in [0.1, 0.15) is 24.0 Å². The van der Waals surface area contributed by atoms with Gasteiger partial charge < -0.3 is 24.8 Å². The highest BCUT2D eigenvalue weighted by molar-refractivity contribution is 7.80. The van der Waals surface area contributed by atoms with Crippen molar-refractivity contribution in [3.8, 4) is 11.5 Å². The molecule has 4 rings (SSSR count). The Kier molecular flexibility index (Phi) is 4.40. The number of ether oxygens (including phenoxy) is 2. The summed E-state index contributed by atoms with van der Waals surface area (Å²) >= 11 is 5.58. The minimum atomic E-state index is -0.468. The third kappa shape index (κ3) is 2.59. The molecule has 0 saturated carbocycles. The smallest absolute Gasteiger partial charge is 0.169 e. The first-order valence-corrected chi connectivity index (χ1v) is 9.38. The summed E-state index contributed by atoms with van der Waals surface area (Å²) in [7, 11) is 1.66. The number of hydrogen-bond acceptors (Lipinski definition) is 4. The van der Waals surface area contributed by atoms with Gasteiger partial charge in [0.15, 0.2) is 16.6 Å². The van der Waals surface area contributed by atoms with E-state index in [9.17, 15) is 5.11 Å². The lowest BCUT2D eigenvalue weighted by Gasteiger charge is -2.36. The fourth-order valence-corrected chi connectivity index (χ4v) is 4.62. The molecule has 3 unspecified atom stereocenters. The lowest BCUT2D eigenvalue weighted by Crippen LogP contribution is -2.44. The van der Waals surface area contributed by atoms with Gasteiger partial charge in [0.1, 0.15) is 6.10 Å². The first kappa shape index (κ1) is 17.4. The molecule has 3 atom stereocenters. The van der Waals surface area contributed by atoms with Crippen molar-refractivity contribution in [1.82, 2.24) is 10.2 Å². The number of thiocarbonyl (C=S) groups is 1. The topological polar surface area (TPSA) is 54.0 Å². The van der Waals surface area contributed by atoms with Crippen LogP contribution in [-0.4, -0.2) is 47.5 Å². The van der Waals surface area contributed by atoms with Gasteiger partial charge in [0, 0.05) is 31.6 Å². The minimum absolute atomic E-state index is 0.0813. The lowest BCUT2D eigenvalue weighted by atomic mass is 9.69. The van der Waals surface area contributed by atoms with Crippen molar-refractivity contribution in [2.24, 2.45) is 0 Å².